The Balaban J connectivity index is 1.53. The monoisotopic (exact) mass is 326 g/mol. The van der Waals surface area contributed by atoms with Gasteiger partial charge < -0.3 is 10.2 Å². The summed E-state index contributed by atoms with van der Waals surface area (Å²) in [6.07, 6.45) is 7.88. The van der Waals surface area contributed by atoms with Gasteiger partial charge in [-0.1, -0.05) is 0 Å². The SMILES string of the molecule is Cc1cncc(NC(=O)N2CCC(N(C)Cc3ncccn3)C2)c1. The smallest absolute Gasteiger partial charge is 0.321 e. The van der Waals surface area contributed by atoms with E-state index < -0.39 is 0 Å². The first-order chi connectivity index (χ1) is 11.6. The van der Waals surface area contributed by atoms with Gasteiger partial charge in [-0.25, -0.2) is 14.8 Å². The fraction of sp³-hybridized carbons (Fsp3) is 0.412. The van der Waals surface area contributed by atoms with Crippen molar-refractivity contribution in [3.05, 3.63) is 48.3 Å². The molecule has 0 bridgehead atoms. The van der Waals surface area contributed by atoms with Crippen LogP contribution < -0.4 is 5.32 Å². The Bertz CT molecular complexity index is 692. The normalized spacial score (nSPS) is 17.3. The quantitative estimate of drug-likeness (QED) is 0.929. The maximum Gasteiger partial charge on any atom is 0.321 e. The van der Waals surface area contributed by atoms with Crippen LogP contribution in [0.15, 0.2) is 36.9 Å². The average Bonchev–Trinajstić information content (AvgIpc) is 3.06. The van der Waals surface area contributed by atoms with Crippen LogP contribution in [0.4, 0.5) is 10.5 Å². The Morgan fingerprint density at radius 3 is 2.92 bits per heavy atom. The van der Waals surface area contributed by atoms with E-state index >= 15 is 0 Å². The molecule has 3 heterocycles. The highest BCUT2D eigenvalue weighted by atomic mass is 16.2. The molecule has 1 N–H and O–H groups in total. The molecule has 0 spiro atoms. The number of urea groups is 1. The molecular weight excluding hydrogens is 304 g/mol. The molecule has 1 unspecified atom stereocenters. The zero-order valence-electron chi connectivity index (χ0n) is 14.0. The molecule has 1 atom stereocenters. The number of likely N-dealkylation sites (tertiary alicyclic amines) is 1. The molecule has 0 aliphatic carbocycles. The molecule has 2 aromatic heterocycles. The summed E-state index contributed by atoms with van der Waals surface area (Å²) >= 11 is 0. The van der Waals surface area contributed by atoms with Crippen LogP contribution in [0.2, 0.25) is 0 Å². The number of nitrogens with zero attached hydrogens (tertiary/aromatic N) is 5. The highest BCUT2D eigenvalue weighted by Crippen LogP contribution is 2.17. The molecule has 2 aromatic rings. The first-order valence-corrected chi connectivity index (χ1v) is 8.05. The summed E-state index contributed by atoms with van der Waals surface area (Å²) in [5.74, 6) is 0.800. The van der Waals surface area contributed by atoms with Gasteiger partial charge in [0.2, 0.25) is 0 Å². The average molecular weight is 326 g/mol. The molecule has 126 valence electrons. The molecule has 1 saturated heterocycles. The lowest BCUT2D eigenvalue weighted by Gasteiger charge is -2.24. The van der Waals surface area contributed by atoms with E-state index in [-0.39, 0.29) is 6.03 Å². The number of amides is 2. The van der Waals surface area contributed by atoms with Crippen LogP contribution in [0, 0.1) is 6.92 Å². The molecule has 2 amide bonds. The van der Waals surface area contributed by atoms with Gasteiger partial charge in [-0.2, -0.15) is 0 Å². The summed E-state index contributed by atoms with van der Waals surface area (Å²) in [6.45, 7) is 4.09. The van der Waals surface area contributed by atoms with E-state index in [1.54, 1.807) is 24.8 Å². The predicted octanol–water partition coefficient (Wildman–Crippen LogP) is 1.92. The lowest BCUT2D eigenvalue weighted by atomic mass is 10.2. The van der Waals surface area contributed by atoms with Crippen LogP contribution >= 0.6 is 0 Å². The second-order valence-corrected chi connectivity index (χ2v) is 6.15. The van der Waals surface area contributed by atoms with E-state index in [1.807, 2.05) is 31.0 Å². The van der Waals surface area contributed by atoms with Crippen molar-refractivity contribution >= 4 is 11.7 Å². The van der Waals surface area contributed by atoms with Gasteiger partial charge in [0.05, 0.1) is 18.4 Å². The lowest BCUT2D eigenvalue weighted by Crippen LogP contribution is -2.38. The Kier molecular flexibility index (Phi) is 5.00. The van der Waals surface area contributed by atoms with Crippen molar-refractivity contribution < 1.29 is 4.79 Å². The fourth-order valence-electron chi connectivity index (χ4n) is 2.88. The highest BCUT2D eigenvalue weighted by molar-refractivity contribution is 5.89. The second kappa shape index (κ2) is 7.35. The number of rotatable bonds is 4. The number of hydrogen-bond acceptors (Lipinski definition) is 5. The van der Waals surface area contributed by atoms with Crippen molar-refractivity contribution in [2.45, 2.75) is 25.9 Å². The highest BCUT2D eigenvalue weighted by Gasteiger charge is 2.29. The largest absolute Gasteiger partial charge is 0.323 e. The molecule has 3 rings (SSSR count). The first kappa shape index (κ1) is 16.3. The van der Waals surface area contributed by atoms with Crippen molar-refractivity contribution in [2.24, 2.45) is 0 Å². The molecule has 1 fully saturated rings. The molecule has 0 aromatic carbocycles. The number of nitrogens with one attached hydrogen (secondary N) is 1. The van der Waals surface area contributed by atoms with Crippen LogP contribution in [-0.2, 0) is 6.54 Å². The number of anilines is 1. The van der Waals surface area contributed by atoms with Crippen molar-refractivity contribution in [1.29, 1.82) is 0 Å². The van der Waals surface area contributed by atoms with Crippen LogP contribution in [0.3, 0.4) is 0 Å². The number of likely N-dealkylation sites (N-methyl/N-ethyl adjacent to an activating group) is 1. The van der Waals surface area contributed by atoms with Gasteiger partial charge in [0.25, 0.3) is 0 Å². The fourth-order valence-corrected chi connectivity index (χ4v) is 2.88. The Morgan fingerprint density at radius 1 is 1.38 bits per heavy atom. The first-order valence-electron chi connectivity index (χ1n) is 8.05. The number of hydrogen-bond donors (Lipinski definition) is 1. The van der Waals surface area contributed by atoms with Gasteiger partial charge in [-0.05, 0) is 38.1 Å². The molecular formula is C17H22N6O. The third-order valence-electron chi connectivity index (χ3n) is 4.21. The third kappa shape index (κ3) is 4.05. The van der Waals surface area contributed by atoms with Gasteiger partial charge in [0, 0.05) is 37.7 Å². The molecule has 7 heteroatoms. The summed E-state index contributed by atoms with van der Waals surface area (Å²) in [5, 5.41) is 2.92. The van der Waals surface area contributed by atoms with Gasteiger partial charge in [-0.15, -0.1) is 0 Å². The number of aromatic nitrogens is 3. The van der Waals surface area contributed by atoms with Gasteiger partial charge in [0.1, 0.15) is 5.82 Å². The maximum absolute atomic E-state index is 12.4. The maximum atomic E-state index is 12.4. The molecule has 0 saturated carbocycles. The topological polar surface area (TPSA) is 74.2 Å². The third-order valence-corrected chi connectivity index (χ3v) is 4.21. The summed E-state index contributed by atoms with van der Waals surface area (Å²) < 4.78 is 0. The van der Waals surface area contributed by atoms with E-state index in [2.05, 4.69) is 25.2 Å². The molecule has 7 nitrogen and oxygen atoms in total. The Hall–Kier alpha value is -2.54. The molecule has 24 heavy (non-hydrogen) atoms. The molecule has 1 aliphatic rings. The Labute approximate surface area is 141 Å². The van der Waals surface area contributed by atoms with Crippen molar-refractivity contribution in [1.82, 2.24) is 24.8 Å². The van der Waals surface area contributed by atoms with Crippen molar-refractivity contribution in [3.8, 4) is 0 Å². The van der Waals surface area contributed by atoms with Gasteiger partial charge in [0.15, 0.2) is 0 Å². The van der Waals surface area contributed by atoms with Crippen LogP contribution in [0.5, 0.6) is 0 Å². The molecule has 1 aliphatic heterocycles. The minimum atomic E-state index is -0.0748. The predicted molar refractivity (Wildman–Crippen MR) is 91.5 cm³/mol. The second-order valence-electron chi connectivity index (χ2n) is 6.15. The van der Waals surface area contributed by atoms with Crippen LogP contribution in [-0.4, -0.2) is 57.0 Å². The van der Waals surface area contributed by atoms with Gasteiger partial charge in [-0.3, -0.25) is 9.88 Å². The van der Waals surface area contributed by atoms with E-state index in [0.29, 0.717) is 19.1 Å². The summed E-state index contributed by atoms with van der Waals surface area (Å²) in [5.41, 5.74) is 1.75. The summed E-state index contributed by atoms with van der Waals surface area (Å²) in [7, 11) is 2.05. The zero-order valence-corrected chi connectivity index (χ0v) is 14.0. The van der Waals surface area contributed by atoms with E-state index in [9.17, 15) is 4.79 Å². The minimum Gasteiger partial charge on any atom is -0.323 e. The van der Waals surface area contributed by atoms with Crippen molar-refractivity contribution in [3.63, 3.8) is 0 Å². The van der Waals surface area contributed by atoms with Crippen molar-refractivity contribution in [2.75, 3.05) is 25.5 Å². The standard InChI is InChI=1S/C17H22N6O/c1-13-8-14(10-18-9-13)21-17(24)23-7-4-15(11-23)22(2)12-16-19-5-3-6-20-16/h3,5-6,8-10,15H,4,7,11-12H2,1-2H3,(H,21,24). The Morgan fingerprint density at radius 2 is 2.17 bits per heavy atom. The van der Waals surface area contributed by atoms with E-state index in [4.69, 9.17) is 0 Å². The van der Waals surface area contributed by atoms with Crippen LogP contribution in [0.25, 0.3) is 0 Å². The van der Waals surface area contributed by atoms with Gasteiger partial charge >= 0.3 is 6.03 Å². The summed E-state index contributed by atoms with van der Waals surface area (Å²) in [4.78, 5) is 29.1. The van der Waals surface area contributed by atoms with E-state index in [1.165, 1.54) is 0 Å². The summed E-state index contributed by atoms with van der Waals surface area (Å²) in [6, 6.07) is 3.97. The number of carbonyl (C=O) groups is 1. The lowest BCUT2D eigenvalue weighted by molar-refractivity contribution is 0.206. The number of carbonyl (C=O) groups excluding carboxylic acids is 1. The number of pyridine rings is 1. The zero-order chi connectivity index (χ0) is 16.9. The van der Waals surface area contributed by atoms with E-state index in [0.717, 1.165) is 30.0 Å². The molecule has 0 radical (unpaired) electrons. The minimum absolute atomic E-state index is 0.0748. The van der Waals surface area contributed by atoms with Crippen LogP contribution in [0.1, 0.15) is 17.8 Å². The number of aryl methyl sites for hydroxylation is 1.